The van der Waals surface area contributed by atoms with Crippen molar-refractivity contribution in [1.82, 2.24) is 13.5 Å². The van der Waals surface area contributed by atoms with Crippen molar-refractivity contribution in [3.05, 3.63) is 34.4 Å². The highest BCUT2D eigenvalue weighted by Gasteiger charge is 2.40. The summed E-state index contributed by atoms with van der Waals surface area (Å²) in [5.41, 5.74) is -0.314. The molecule has 0 spiro atoms. The summed E-state index contributed by atoms with van der Waals surface area (Å²) >= 11 is 0. The van der Waals surface area contributed by atoms with Gasteiger partial charge in [0, 0.05) is 44.9 Å². The molecule has 2 aliphatic heterocycles. The second-order valence-corrected chi connectivity index (χ2v) is 11.9. The minimum absolute atomic E-state index is 0.00792. The lowest BCUT2D eigenvalue weighted by Gasteiger charge is -2.39. The molecule has 0 aliphatic carbocycles. The Labute approximate surface area is 188 Å². The number of nitrogens with zero attached hydrogens (tertiary/aromatic N) is 4. The number of amides is 1. The first-order chi connectivity index (χ1) is 15.1. The molecule has 0 saturated carbocycles. The van der Waals surface area contributed by atoms with Gasteiger partial charge in [-0.2, -0.15) is 8.61 Å². The third-order valence-electron chi connectivity index (χ3n) is 5.77. The molecule has 1 aromatic rings. The largest absolute Gasteiger partial charge is 0.339 e. The Balaban J connectivity index is 1.70. The topological polar surface area (TPSA) is 138 Å². The Morgan fingerprint density at radius 2 is 1.78 bits per heavy atom. The van der Waals surface area contributed by atoms with Gasteiger partial charge >= 0.3 is 0 Å². The minimum Gasteiger partial charge on any atom is -0.339 e. The molecule has 2 aliphatic rings. The van der Waals surface area contributed by atoms with Gasteiger partial charge in [-0.05, 0) is 25.3 Å². The van der Waals surface area contributed by atoms with E-state index in [0.717, 1.165) is 12.5 Å². The van der Waals surface area contributed by atoms with E-state index < -0.39 is 31.0 Å². The van der Waals surface area contributed by atoms with Crippen LogP contribution in [0.1, 0.15) is 32.6 Å². The maximum atomic E-state index is 13.1. The Bertz CT molecular complexity index is 1070. The van der Waals surface area contributed by atoms with Crippen molar-refractivity contribution in [3.8, 4) is 0 Å². The fourth-order valence-corrected chi connectivity index (χ4v) is 7.33. The van der Waals surface area contributed by atoms with Crippen LogP contribution in [0.5, 0.6) is 0 Å². The Morgan fingerprint density at radius 1 is 1.09 bits per heavy atom. The SMILES string of the molecule is CCCS(=O)(=O)N1CCCCC1C(=O)N1CCN(S(=O)(=O)c2cccc([N+](=O)[O-])c2)CC1. The minimum atomic E-state index is -3.95. The van der Waals surface area contributed by atoms with Crippen LogP contribution in [0.15, 0.2) is 29.2 Å². The monoisotopic (exact) mass is 488 g/mol. The van der Waals surface area contributed by atoms with Crippen LogP contribution in [0.4, 0.5) is 5.69 Å². The molecule has 1 aromatic carbocycles. The summed E-state index contributed by atoms with van der Waals surface area (Å²) in [5.74, 6) is -0.303. The maximum Gasteiger partial charge on any atom is 0.270 e. The molecule has 1 amide bonds. The molecule has 13 heteroatoms. The smallest absolute Gasteiger partial charge is 0.270 e. The number of non-ortho nitro benzene ring substituents is 1. The van der Waals surface area contributed by atoms with Crippen LogP contribution in [0.2, 0.25) is 0 Å². The fraction of sp³-hybridized carbons (Fsp3) is 0.632. The molecule has 178 valence electrons. The average molecular weight is 489 g/mol. The number of nitro benzene ring substituents is 1. The molecule has 32 heavy (non-hydrogen) atoms. The van der Waals surface area contributed by atoms with Crippen molar-refractivity contribution in [3.63, 3.8) is 0 Å². The summed E-state index contributed by atoms with van der Waals surface area (Å²) < 4.78 is 53.6. The van der Waals surface area contributed by atoms with Crippen molar-refractivity contribution < 1.29 is 26.6 Å². The van der Waals surface area contributed by atoms with Crippen LogP contribution >= 0.6 is 0 Å². The van der Waals surface area contributed by atoms with Gasteiger partial charge in [-0.1, -0.05) is 19.4 Å². The van der Waals surface area contributed by atoms with Crippen LogP contribution in [-0.4, -0.2) is 85.7 Å². The van der Waals surface area contributed by atoms with E-state index >= 15 is 0 Å². The number of sulfonamides is 2. The molecular weight excluding hydrogens is 460 g/mol. The molecule has 2 fully saturated rings. The lowest BCUT2D eigenvalue weighted by molar-refractivity contribution is -0.385. The molecule has 2 heterocycles. The second kappa shape index (κ2) is 9.81. The normalized spacial score (nSPS) is 21.4. The van der Waals surface area contributed by atoms with Gasteiger partial charge in [-0.25, -0.2) is 16.8 Å². The van der Waals surface area contributed by atoms with Crippen LogP contribution < -0.4 is 0 Å². The number of piperazine rings is 1. The summed E-state index contributed by atoms with van der Waals surface area (Å²) in [4.78, 5) is 24.8. The molecule has 1 unspecified atom stereocenters. The Morgan fingerprint density at radius 3 is 2.41 bits per heavy atom. The van der Waals surface area contributed by atoms with E-state index in [1.807, 2.05) is 0 Å². The number of hydrogen-bond donors (Lipinski definition) is 0. The number of carbonyl (C=O) groups excluding carboxylic acids is 1. The zero-order chi connectivity index (χ0) is 23.5. The third-order valence-corrected chi connectivity index (χ3v) is 9.75. The van der Waals surface area contributed by atoms with Gasteiger partial charge in [-0.15, -0.1) is 0 Å². The summed E-state index contributed by atoms with van der Waals surface area (Å²) in [7, 11) is -7.47. The predicted octanol–water partition coefficient (Wildman–Crippen LogP) is 1.02. The summed E-state index contributed by atoms with van der Waals surface area (Å²) in [6.07, 6.45) is 2.39. The first-order valence-corrected chi connectivity index (χ1v) is 13.7. The van der Waals surface area contributed by atoms with Crippen LogP contribution in [-0.2, 0) is 24.8 Å². The summed E-state index contributed by atoms with van der Waals surface area (Å²) in [6, 6.07) is 4.11. The zero-order valence-corrected chi connectivity index (χ0v) is 19.6. The van der Waals surface area contributed by atoms with Gasteiger partial charge in [0.1, 0.15) is 6.04 Å². The zero-order valence-electron chi connectivity index (χ0n) is 17.9. The van der Waals surface area contributed by atoms with Crippen molar-refractivity contribution in [2.45, 2.75) is 43.5 Å². The molecular formula is C19H28N4O7S2. The number of nitro groups is 1. The maximum absolute atomic E-state index is 13.1. The van der Waals surface area contributed by atoms with Crippen molar-refractivity contribution in [2.75, 3.05) is 38.5 Å². The van der Waals surface area contributed by atoms with Crippen molar-refractivity contribution in [2.24, 2.45) is 0 Å². The molecule has 0 N–H and O–H groups in total. The highest BCUT2D eigenvalue weighted by atomic mass is 32.2. The number of carbonyl (C=O) groups is 1. The predicted molar refractivity (Wildman–Crippen MR) is 117 cm³/mol. The molecule has 1 atom stereocenters. The standard InChI is InChI=1S/C19H28N4O7S2/c1-2-14-31(27,28)22-9-4-3-8-18(22)19(24)20-10-12-21(13-11-20)32(29,30)17-7-5-6-16(15-17)23(25)26/h5-7,15,18H,2-4,8-14H2,1H3. The third kappa shape index (κ3) is 5.11. The highest BCUT2D eigenvalue weighted by molar-refractivity contribution is 7.89. The number of benzene rings is 1. The molecule has 11 nitrogen and oxygen atoms in total. The van der Waals surface area contributed by atoms with E-state index in [0.29, 0.717) is 25.8 Å². The average Bonchev–Trinajstić information content (AvgIpc) is 2.78. The van der Waals surface area contributed by atoms with Gasteiger partial charge in [-0.3, -0.25) is 14.9 Å². The van der Waals surface area contributed by atoms with Crippen molar-refractivity contribution in [1.29, 1.82) is 0 Å². The van der Waals surface area contributed by atoms with E-state index in [1.54, 1.807) is 6.92 Å². The van der Waals surface area contributed by atoms with Crippen LogP contribution in [0, 0.1) is 10.1 Å². The molecule has 2 saturated heterocycles. The van der Waals surface area contributed by atoms with E-state index in [1.165, 1.54) is 31.7 Å². The van der Waals surface area contributed by atoms with E-state index in [4.69, 9.17) is 0 Å². The molecule has 3 rings (SSSR count). The van der Waals surface area contributed by atoms with Crippen molar-refractivity contribution >= 4 is 31.6 Å². The number of rotatable bonds is 7. The molecule has 0 bridgehead atoms. The number of piperidine rings is 1. The Kier molecular flexibility index (Phi) is 7.53. The summed E-state index contributed by atoms with van der Waals surface area (Å²) in [6.45, 7) is 2.42. The first kappa shape index (κ1) is 24.6. The molecule has 0 radical (unpaired) electrons. The van der Waals surface area contributed by atoms with E-state index in [-0.39, 0.29) is 48.4 Å². The first-order valence-electron chi connectivity index (χ1n) is 10.6. The van der Waals surface area contributed by atoms with Gasteiger partial charge < -0.3 is 4.90 Å². The molecule has 0 aromatic heterocycles. The second-order valence-electron chi connectivity index (χ2n) is 7.92. The lowest BCUT2D eigenvalue weighted by Crippen LogP contribution is -2.57. The lowest BCUT2D eigenvalue weighted by atomic mass is 10.0. The van der Waals surface area contributed by atoms with Gasteiger partial charge in [0.15, 0.2) is 0 Å². The highest BCUT2D eigenvalue weighted by Crippen LogP contribution is 2.25. The summed E-state index contributed by atoms with van der Waals surface area (Å²) in [5, 5.41) is 11.0. The fourth-order valence-electron chi connectivity index (χ4n) is 4.13. The van der Waals surface area contributed by atoms with Gasteiger partial charge in [0.25, 0.3) is 5.69 Å². The van der Waals surface area contributed by atoms with Gasteiger partial charge in [0.05, 0.1) is 15.6 Å². The Hall–Kier alpha value is -2.09. The van der Waals surface area contributed by atoms with E-state index in [9.17, 15) is 31.7 Å². The van der Waals surface area contributed by atoms with Crippen LogP contribution in [0.3, 0.4) is 0 Å². The van der Waals surface area contributed by atoms with E-state index in [2.05, 4.69) is 0 Å². The number of hydrogen-bond acceptors (Lipinski definition) is 7. The van der Waals surface area contributed by atoms with Crippen LogP contribution in [0.25, 0.3) is 0 Å². The van der Waals surface area contributed by atoms with Gasteiger partial charge in [0.2, 0.25) is 26.0 Å². The quantitative estimate of drug-likeness (QED) is 0.412.